The minimum Gasteiger partial charge on any atom is -0.368 e. The van der Waals surface area contributed by atoms with Crippen LogP contribution in [0.2, 0.25) is 0 Å². The molecule has 19 heavy (non-hydrogen) atoms. The van der Waals surface area contributed by atoms with Gasteiger partial charge in [0.15, 0.2) is 0 Å². The first-order valence-electron chi connectivity index (χ1n) is 6.19. The van der Waals surface area contributed by atoms with Crippen LogP contribution in [-0.2, 0) is 11.2 Å². The van der Waals surface area contributed by atoms with Crippen molar-refractivity contribution in [3.63, 3.8) is 0 Å². The van der Waals surface area contributed by atoms with Gasteiger partial charge in [0.2, 0.25) is 0 Å². The van der Waals surface area contributed by atoms with Gasteiger partial charge >= 0.3 is 0 Å². The van der Waals surface area contributed by atoms with E-state index in [2.05, 4.69) is 6.07 Å². The fourth-order valence-electron chi connectivity index (χ4n) is 2.47. The third kappa shape index (κ3) is 2.22. The van der Waals surface area contributed by atoms with Crippen LogP contribution in [0.1, 0.15) is 22.8 Å². The van der Waals surface area contributed by atoms with Gasteiger partial charge in [0, 0.05) is 12.1 Å². The number of nitrogens with zero attached hydrogens (tertiary/aromatic N) is 1. The summed E-state index contributed by atoms with van der Waals surface area (Å²) in [5, 5.41) is 10.8. The summed E-state index contributed by atoms with van der Waals surface area (Å²) in [6.45, 7) is 0.643. The molecule has 1 aliphatic rings. The van der Waals surface area contributed by atoms with Crippen molar-refractivity contribution in [2.24, 2.45) is 0 Å². The van der Waals surface area contributed by atoms with Crippen LogP contribution in [0.25, 0.3) is 0 Å². The molecule has 4 nitrogen and oxygen atoms in total. The summed E-state index contributed by atoms with van der Waals surface area (Å²) in [5.74, 6) is 0. The van der Waals surface area contributed by atoms with Crippen LogP contribution in [0.4, 0.5) is 5.69 Å². The zero-order valence-corrected chi connectivity index (χ0v) is 10.3. The summed E-state index contributed by atoms with van der Waals surface area (Å²) in [7, 11) is 0. The molecule has 3 rings (SSSR count). The Morgan fingerprint density at radius 1 is 1.16 bits per heavy atom. The van der Waals surface area contributed by atoms with Crippen molar-refractivity contribution >= 4 is 5.69 Å². The Bertz CT molecular complexity index is 624. The molecule has 0 saturated heterocycles. The van der Waals surface area contributed by atoms with Crippen LogP contribution in [0.3, 0.4) is 0 Å². The van der Waals surface area contributed by atoms with E-state index in [1.54, 1.807) is 12.1 Å². The van der Waals surface area contributed by atoms with Crippen LogP contribution < -0.4 is 0 Å². The fourth-order valence-corrected chi connectivity index (χ4v) is 2.47. The fraction of sp³-hybridized carbons (Fsp3) is 0.200. The molecule has 1 unspecified atom stereocenters. The third-order valence-corrected chi connectivity index (χ3v) is 3.38. The number of nitro groups is 1. The highest BCUT2D eigenvalue weighted by Gasteiger charge is 2.23. The van der Waals surface area contributed by atoms with Gasteiger partial charge in [-0.25, -0.2) is 0 Å². The minimum absolute atomic E-state index is 0.101. The van der Waals surface area contributed by atoms with E-state index in [1.165, 1.54) is 11.6 Å². The van der Waals surface area contributed by atoms with E-state index in [0.29, 0.717) is 6.61 Å². The average Bonchev–Trinajstić information content (AvgIpc) is 2.47. The summed E-state index contributed by atoms with van der Waals surface area (Å²) >= 11 is 0. The Kier molecular flexibility index (Phi) is 3.01. The van der Waals surface area contributed by atoms with Crippen LogP contribution in [0.15, 0.2) is 48.5 Å². The van der Waals surface area contributed by atoms with E-state index in [0.717, 1.165) is 17.5 Å². The highest BCUT2D eigenvalue weighted by atomic mass is 16.6. The largest absolute Gasteiger partial charge is 0.368 e. The minimum atomic E-state index is -0.377. The van der Waals surface area contributed by atoms with E-state index < -0.39 is 0 Å². The second-order valence-electron chi connectivity index (χ2n) is 4.55. The van der Waals surface area contributed by atoms with Crippen molar-refractivity contribution in [3.05, 3.63) is 75.3 Å². The molecule has 1 atom stereocenters. The quantitative estimate of drug-likeness (QED) is 0.611. The van der Waals surface area contributed by atoms with E-state index in [9.17, 15) is 10.1 Å². The summed E-state index contributed by atoms with van der Waals surface area (Å²) in [5.41, 5.74) is 3.30. The normalized spacial score (nSPS) is 17.8. The zero-order chi connectivity index (χ0) is 13.2. The van der Waals surface area contributed by atoms with E-state index in [-0.39, 0.29) is 16.7 Å². The molecular weight excluding hydrogens is 242 g/mol. The summed E-state index contributed by atoms with van der Waals surface area (Å²) < 4.78 is 5.80. The molecule has 0 bridgehead atoms. The number of fused-ring (bicyclic) bond motifs is 1. The predicted octanol–water partition coefficient (Wildman–Crippen LogP) is 3.26. The van der Waals surface area contributed by atoms with Gasteiger partial charge in [-0.05, 0) is 23.1 Å². The maximum absolute atomic E-state index is 10.8. The SMILES string of the molecule is O=[N+]([O-])c1cccc(C2OCCc3ccccc32)c1. The molecule has 0 fully saturated rings. The zero-order valence-electron chi connectivity index (χ0n) is 10.3. The first-order chi connectivity index (χ1) is 9.25. The summed E-state index contributed by atoms with van der Waals surface area (Å²) in [4.78, 5) is 10.5. The highest BCUT2D eigenvalue weighted by Crippen LogP contribution is 2.33. The topological polar surface area (TPSA) is 52.4 Å². The van der Waals surface area contributed by atoms with Crippen molar-refractivity contribution in [3.8, 4) is 0 Å². The molecule has 4 heteroatoms. The molecule has 96 valence electrons. The third-order valence-electron chi connectivity index (χ3n) is 3.38. The average molecular weight is 255 g/mol. The predicted molar refractivity (Wildman–Crippen MR) is 71.0 cm³/mol. The van der Waals surface area contributed by atoms with Crippen LogP contribution in [0.5, 0.6) is 0 Å². The van der Waals surface area contributed by atoms with Crippen molar-refractivity contribution in [2.45, 2.75) is 12.5 Å². The molecular formula is C15H13NO3. The number of ether oxygens (including phenoxy) is 1. The Labute approximate surface area is 110 Å². The molecule has 1 heterocycles. The van der Waals surface area contributed by atoms with Gasteiger partial charge < -0.3 is 4.74 Å². The van der Waals surface area contributed by atoms with Crippen molar-refractivity contribution < 1.29 is 9.66 Å². The molecule has 2 aromatic carbocycles. The van der Waals surface area contributed by atoms with Gasteiger partial charge in [0.05, 0.1) is 11.5 Å². The highest BCUT2D eigenvalue weighted by molar-refractivity contribution is 5.42. The molecule has 0 spiro atoms. The molecule has 1 aliphatic heterocycles. The van der Waals surface area contributed by atoms with Gasteiger partial charge in [0.25, 0.3) is 5.69 Å². The molecule has 0 saturated carbocycles. The number of nitro benzene ring substituents is 1. The number of hydrogen-bond acceptors (Lipinski definition) is 3. The van der Waals surface area contributed by atoms with Crippen molar-refractivity contribution in [1.29, 1.82) is 0 Å². The smallest absolute Gasteiger partial charge is 0.269 e. The van der Waals surface area contributed by atoms with Gasteiger partial charge in [-0.2, -0.15) is 0 Å². The van der Waals surface area contributed by atoms with E-state index >= 15 is 0 Å². The van der Waals surface area contributed by atoms with Crippen molar-refractivity contribution in [2.75, 3.05) is 6.61 Å². The van der Waals surface area contributed by atoms with E-state index in [4.69, 9.17) is 4.74 Å². The first-order valence-corrected chi connectivity index (χ1v) is 6.19. The molecule has 2 aromatic rings. The molecule has 0 amide bonds. The Hall–Kier alpha value is -2.20. The van der Waals surface area contributed by atoms with Gasteiger partial charge in [-0.15, -0.1) is 0 Å². The Balaban J connectivity index is 2.04. The van der Waals surface area contributed by atoms with Gasteiger partial charge in [-0.1, -0.05) is 36.4 Å². The molecule has 0 aliphatic carbocycles. The number of hydrogen-bond donors (Lipinski definition) is 0. The lowest BCUT2D eigenvalue weighted by Gasteiger charge is -2.26. The van der Waals surface area contributed by atoms with E-state index in [1.807, 2.05) is 24.3 Å². The number of benzene rings is 2. The maximum atomic E-state index is 10.8. The summed E-state index contributed by atoms with van der Waals surface area (Å²) in [6, 6.07) is 14.8. The van der Waals surface area contributed by atoms with Crippen LogP contribution in [-0.4, -0.2) is 11.5 Å². The second-order valence-corrected chi connectivity index (χ2v) is 4.55. The lowest BCUT2D eigenvalue weighted by atomic mass is 9.93. The Morgan fingerprint density at radius 2 is 2.00 bits per heavy atom. The monoisotopic (exact) mass is 255 g/mol. The molecule has 0 aromatic heterocycles. The summed E-state index contributed by atoms with van der Waals surface area (Å²) in [6.07, 6.45) is 0.687. The van der Waals surface area contributed by atoms with Gasteiger partial charge in [0.1, 0.15) is 6.10 Å². The number of rotatable bonds is 2. The number of non-ortho nitro benzene ring substituents is 1. The lowest BCUT2D eigenvalue weighted by molar-refractivity contribution is -0.385. The maximum Gasteiger partial charge on any atom is 0.269 e. The van der Waals surface area contributed by atoms with Gasteiger partial charge in [-0.3, -0.25) is 10.1 Å². The molecule has 0 radical (unpaired) electrons. The second kappa shape index (κ2) is 4.82. The van der Waals surface area contributed by atoms with Crippen LogP contribution >= 0.6 is 0 Å². The molecule has 0 N–H and O–H groups in total. The lowest BCUT2D eigenvalue weighted by Crippen LogP contribution is -2.17. The standard InChI is InChI=1S/C15H13NO3/c17-16(18)13-6-3-5-12(10-13)15-14-7-2-1-4-11(14)8-9-19-15/h1-7,10,15H,8-9H2. The Morgan fingerprint density at radius 3 is 2.84 bits per heavy atom. The first kappa shape index (κ1) is 11.9. The van der Waals surface area contributed by atoms with Crippen LogP contribution in [0, 0.1) is 10.1 Å². The van der Waals surface area contributed by atoms with Crippen molar-refractivity contribution in [1.82, 2.24) is 0 Å².